The maximum atomic E-state index is 12.2. The Labute approximate surface area is 186 Å². The number of rotatable bonds is 20. The highest BCUT2D eigenvalue weighted by molar-refractivity contribution is 5.96. The number of carbonyl (C=O) groups is 1. The quantitative estimate of drug-likeness (QED) is 0.182. The van der Waals surface area contributed by atoms with Crippen molar-refractivity contribution in [2.75, 3.05) is 20.6 Å². The van der Waals surface area contributed by atoms with Crippen LogP contribution in [0, 0.1) is 0 Å². The molecule has 0 radical (unpaired) electrons. The number of unbranched alkanes of at least 4 members (excludes halogenated alkanes) is 14. The standard InChI is InChI=1S/C27H48N2O/c1-29(2)23-17-15-13-11-9-7-5-3-4-6-8-10-12-14-16-18-27(30)26-21-19-25(24-28)20-22-26/h19-22H,3-18,23-24,28H2,1-2H3. The van der Waals surface area contributed by atoms with Crippen LogP contribution in [-0.4, -0.2) is 31.3 Å². The zero-order valence-corrected chi connectivity index (χ0v) is 20.0. The lowest BCUT2D eigenvalue weighted by Gasteiger charge is -2.08. The molecule has 1 aromatic carbocycles. The minimum absolute atomic E-state index is 0.270. The molecule has 0 aromatic heterocycles. The Hall–Kier alpha value is -1.19. The van der Waals surface area contributed by atoms with E-state index in [9.17, 15) is 4.79 Å². The maximum absolute atomic E-state index is 12.2. The summed E-state index contributed by atoms with van der Waals surface area (Å²) in [5, 5.41) is 0. The van der Waals surface area contributed by atoms with Crippen molar-refractivity contribution in [1.29, 1.82) is 0 Å². The Morgan fingerprint density at radius 3 is 1.47 bits per heavy atom. The second-order valence-electron chi connectivity index (χ2n) is 9.18. The van der Waals surface area contributed by atoms with E-state index >= 15 is 0 Å². The molecule has 1 rings (SSSR count). The molecule has 0 atom stereocenters. The van der Waals surface area contributed by atoms with E-state index in [0.717, 1.165) is 17.5 Å². The van der Waals surface area contributed by atoms with Gasteiger partial charge < -0.3 is 10.6 Å². The molecule has 0 saturated carbocycles. The topological polar surface area (TPSA) is 46.3 Å². The average molecular weight is 417 g/mol. The third-order valence-corrected chi connectivity index (χ3v) is 6.02. The number of Topliss-reactive ketones (excluding diaryl/α,β-unsaturated/α-hetero) is 1. The average Bonchev–Trinajstić information content (AvgIpc) is 2.75. The van der Waals surface area contributed by atoms with Gasteiger partial charge in [-0.3, -0.25) is 4.79 Å². The van der Waals surface area contributed by atoms with Crippen molar-refractivity contribution >= 4 is 5.78 Å². The highest BCUT2D eigenvalue weighted by Gasteiger charge is 2.05. The van der Waals surface area contributed by atoms with Crippen LogP contribution < -0.4 is 5.73 Å². The summed E-state index contributed by atoms with van der Waals surface area (Å²) in [6.45, 7) is 1.77. The molecule has 3 heteroatoms. The summed E-state index contributed by atoms with van der Waals surface area (Å²) in [5.74, 6) is 0.270. The molecule has 0 saturated heterocycles. The van der Waals surface area contributed by atoms with E-state index in [1.807, 2.05) is 24.3 Å². The van der Waals surface area contributed by atoms with Crippen molar-refractivity contribution in [2.24, 2.45) is 5.73 Å². The van der Waals surface area contributed by atoms with Crippen LogP contribution >= 0.6 is 0 Å². The summed E-state index contributed by atoms with van der Waals surface area (Å²) in [5.41, 5.74) is 7.51. The van der Waals surface area contributed by atoms with Crippen molar-refractivity contribution in [3.05, 3.63) is 35.4 Å². The highest BCUT2D eigenvalue weighted by Crippen LogP contribution is 2.15. The zero-order valence-electron chi connectivity index (χ0n) is 20.0. The third-order valence-electron chi connectivity index (χ3n) is 6.02. The van der Waals surface area contributed by atoms with Crippen LogP contribution in [-0.2, 0) is 6.54 Å². The SMILES string of the molecule is CN(C)CCCCCCCCCCCCCCCCCC(=O)c1ccc(CN)cc1. The van der Waals surface area contributed by atoms with Gasteiger partial charge in [-0.15, -0.1) is 0 Å². The minimum atomic E-state index is 0.270. The van der Waals surface area contributed by atoms with Gasteiger partial charge in [0.25, 0.3) is 0 Å². The van der Waals surface area contributed by atoms with Crippen molar-refractivity contribution < 1.29 is 4.79 Å². The van der Waals surface area contributed by atoms with Crippen LogP contribution in [0.1, 0.15) is 119 Å². The summed E-state index contributed by atoms with van der Waals surface area (Å²) in [6.07, 6.45) is 20.9. The van der Waals surface area contributed by atoms with Crippen molar-refractivity contribution in [3.63, 3.8) is 0 Å². The van der Waals surface area contributed by atoms with Gasteiger partial charge in [-0.25, -0.2) is 0 Å². The first-order valence-corrected chi connectivity index (χ1v) is 12.6. The summed E-state index contributed by atoms with van der Waals surface area (Å²) < 4.78 is 0. The molecule has 0 heterocycles. The second kappa shape index (κ2) is 18.6. The number of ketones is 1. The van der Waals surface area contributed by atoms with Gasteiger partial charge in [-0.2, -0.15) is 0 Å². The van der Waals surface area contributed by atoms with Gasteiger partial charge in [0, 0.05) is 18.5 Å². The number of carbonyl (C=O) groups excluding carboxylic acids is 1. The molecule has 3 nitrogen and oxygen atoms in total. The van der Waals surface area contributed by atoms with Crippen LogP contribution in [0.2, 0.25) is 0 Å². The summed E-state index contributed by atoms with van der Waals surface area (Å²) in [6, 6.07) is 7.75. The monoisotopic (exact) mass is 416 g/mol. The number of hydrogen-bond donors (Lipinski definition) is 1. The molecule has 1 aromatic rings. The van der Waals surface area contributed by atoms with E-state index in [1.54, 1.807) is 0 Å². The normalized spacial score (nSPS) is 11.3. The highest BCUT2D eigenvalue weighted by atomic mass is 16.1. The largest absolute Gasteiger partial charge is 0.326 e. The molecule has 0 spiro atoms. The number of nitrogens with two attached hydrogens (primary N) is 1. The molecule has 172 valence electrons. The summed E-state index contributed by atoms with van der Waals surface area (Å²) in [7, 11) is 4.32. The van der Waals surface area contributed by atoms with E-state index in [2.05, 4.69) is 19.0 Å². The molecular weight excluding hydrogens is 368 g/mol. The molecule has 0 aliphatic rings. The van der Waals surface area contributed by atoms with Gasteiger partial charge in [0.1, 0.15) is 0 Å². The Bertz CT molecular complexity index is 524. The maximum Gasteiger partial charge on any atom is 0.162 e. The predicted molar refractivity (Wildman–Crippen MR) is 131 cm³/mol. The minimum Gasteiger partial charge on any atom is -0.326 e. The van der Waals surface area contributed by atoms with Gasteiger partial charge in [0.05, 0.1) is 0 Å². The first-order valence-electron chi connectivity index (χ1n) is 12.6. The zero-order chi connectivity index (χ0) is 21.9. The second-order valence-corrected chi connectivity index (χ2v) is 9.18. The predicted octanol–water partition coefficient (Wildman–Crippen LogP) is 7.13. The van der Waals surface area contributed by atoms with Crippen LogP contribution in [0.25, 0.3) is 0 Å². The molecule has 2 N–H and O–H groups in total. The summed E-state index contributed by atoms with van der Waals surface area (Å²) in [4.78, 5) is 14.5. The number of nitrogens with zero attached hydrogens (tertiary/aromatic N) is 1. The molecule has 0 fully saturated rings. The lowest BCUT2D eigenvalue weighted by molar-refractivity contribution is 0.0979. The molecule has 0 aliphatic heterocycles. The summed E-state index contributed by atoms with van der Waals surface area (Å²) >= 11 is 0. The van der Waals surface area contributed by atoms with Crippen LogP contribution in [0.4, 0.5) is 0 Å². The first kappa shape index (κ1) is 26.8. The molecule has 0 bridgehead atoms. The Kier molecular flexibility index (Phi) is 16.6. The van der Waals surface area contributed by atoms with Crippen molar-refractivity contribution in [2.45, 2.75) is 109 Å². The van der Waals surface area contributed by atoms with E-state index in [-0.39, 0.29) is 5.78 Å². The van der Waals surface area contributed by atoms with E-state index in [4.69, 9.17) is 5.73 Å². The van der Waals surface area contributed by atoms with Gasteiger partial charge in [0.15, 0.2) is 5.78 Å². The first-order chi connectivity index (χ1) is 14.6. The third kappa shape index (κ3) is 14.7. The van der Waals surface area contributed by atoms with Crippen LogP contribution in [0.3, 0.4) is 0 Å². The number of hydrogen-bond acceptors (Lipinski definition) is 3. The number of benzene rings is 1. The van der Waals surface area contributed by atoms with Crippen molar-refractivity contribution in [1.82, 2.24) is 4.90 Å². The molecule has 0 amide bonds. The van der Waals surface area contributed by atoms with Gasteiger partial charge in [-0.05, 0) is 39.0 Å². The fraction of sp³-hybridized carbons (Fsp3) is 0.741. The fourth-order valence-corrected chi connectivity index (χ4v) is 3.98. The smallest absolute Gasteiger partial charge is 0.162 e. The van der Waals surface area contributed by atoms with E-state index in [0.29, 0.717) is 13.0 Å². The van der Waals surface area contributed by atoms with E-state index < -0.39 is 0 Å². The molecule has 30 heavy (non-hydrogen) atoms. The van der Waals surface area contributed by atoms with Gasteiger partial charge in [0.2, 0.25) is 0 Å². The fourth-order valence-electron chi connectivity index (χ4n) is 3.98. The molecule has 0 unspecified atom stereocenters. The van der Waals surface area contributed by atoms with Crippen LogP contribution in [0.5, 0.6) is 0 Å². The van der Waals surface area contributed by atoms with Crippen LogP contribution in [0.15, 0.2) is 24.3 Å². The molecular formula is C27H48N2O. The Morgan fingerprint density at radius 2 is 1.07 bits per heavy atom. The molecule has 0 aliphatic carbocycles. The lowest BCUT2D eigenvalue weighted by atomic mass is 10.0. The lowest BCUT2D eigenvalue weighted by Crippen LogP contribution is -2.12. The van der Waals surface area contributed by atoms with E-state index in [1.165, 1.54) is 96.4 Å². The van der Waals surface area contributed by atoms with Gasteiger partial charge in [-0.1, -0.05) is 108 Å². The van der Waals surface area contributed by atoms with Crippen molar-refractivity contribution in [3.8, 4) is 0 Å². The Morgan fingerprint density at radius 1 is 0.667 bits per heavy atom. The Balaban J connectivity index is 1.80. The van der Waals surface area contributed by atoms with Gasteiger partial charge >= 0.3 is 0 Å².